The number of nitro benzene ring substituents is 1. The maximum atomic E-state index is 13.8. The number of ether oxygens (including phenoxy) is 1. The fourth-order valence-electron chi connectivity index (χ4n) is 2.00. The molecule has 2 N–H and O–H groups in total. The zero-order chi connectivity index (χ0) is 19.1. The van der Waals surface area contributed by atoms with Crippen LogP contribution in [0.2, 0.25) is 0 Å². The number of nitrogens with zero attached hydrogens (tertiary/aromatic N) is 1. The van der Waals surface area contributed by atoms with Gasteiger partial charge in [0, 0.05) is 17.7 Å². The van der Waals surface area contributed by atoms with E-state index in [0.717, 1.165) is 24.6 Å². The van der Waals surface area contributed by atoms with Gasteiger partial charge in [0.15, 0.2) is 5.11 Å². The fourth-order valence-corrected chi connectivity index (χ4v) is 2.20. The number of rotatable bonds is 6. The van der Waals surface area contributed by atoms with Crippen molar-refractivity contribution in [3.8, 4) is 5.75 Å². The molecule has 0 unspecified atom stereocenters. The molecule has 2 rings (SSSR count). The van der Waals surface area contributed by atoms with Crippen LogP contribution in [0.1, 0.15) is 23.7 Å². The molecule has 0 atom stereocenters. The van der Waals surface area contributed by atoms with Crippen molar-refractivity contribution in [2.45, 2.75) is 13.3 Å². The molecule has 0 spiro atoms. The Hall–Kier alpha value is -3.07. The van der Waals surface area contributed by atoms with Gasteiger partial charge in [-0.1, -0.05) is 13.0 Å². The first-order valence-electron chi connectivity index (χ1n) is 7.70. The number of carbonyl (C=O) groups excluding carboxylic acids is 1. The number of amides is 1. The molecule has 1 amide bonds. The molecule has 0 saturated carbocycles. The van der Waals surface area contributed by atoms with Crippen LogP contribution in [-0.2, 0) is 0 Å². The summed E-state index contributed by atoms with van der Waals surface area (Å²) in [6.45, 7) is 2.49. The molecule has 2 aromatic carbocycles. The molecule has 7 nitrogen and oxygen atoms in total. The second-order valence-electron chi connectivity index (χ2n) is 5.21. The summed E-state index contributed by atoms with van der Waals surface area (Å²) in [6.07, 6.45) is 0.833. The second-order valence-corrected chi connectivity index (χ2v) is 5.61. The Morgan fingerprint density at radius 2 is 2.08 bits per heavy atom. The number of carbonyl (C=O) groups is 1. The molecule has 0 aliphatic heterocycles. The molecular formula is C17H16FN3O4S. The van der Waals surface area contributed by atoms with Gasteiger partial charge in [-0.15, -0.1) is 0 Å². The molecule has 136 valence electrons. The zero-order valence-corrected chi connectivity index (χ0v) is 14.6. The first-order chi connectivity index (χ1) is 12.4. The van der Waals surface area contributed by atoms with Crippen molar-refractivity contribution >= 4 is 34.6 Å². The van der Waals surface area contributed by atoms with E-state index in [9.17, 15) is 19.3 Å². The molecule has 0 fully saturated rings. The van der Waals surface area contributed by atoms with Crippen LogP contribution in [0.4, 0.5) is 15.8 Å². The summed E-state index contributed by atoms with van der Waals surface area (Å²) in [5, 5.41) is 15.4. The Morgan fingerprint density at radius 1 is 1.31 bits per heavy atom. The molecule has 0 aromatic heterocycles. The number of halogens is 1. The normalized spacial score (nSPS) is 10.1. The number of benzene rings is 2. The summed E-state index contributed by atoms with van der Waals surface area (Å²) in [6, 6.07) is 9.49. The standard InChI is InChI=1S/C17H16FN3O4S/c1-2-8-25-13-5-3-4-11(9-13)16(22)20-17(26)19-15-10-12(21(23)24)6-7-14(15)18/h3-7,9-10H,2,8H2,1H3,(H2,19,20,22,26). The van der Waals surface area contributed by atoms with E-state index in [1.807, 2.05) is 6.92 Å². The minimum Gasteiger partial charge on any atom is -0.494 e. The third-order valence-corrected chi connectivity index (χ3v) is 3.41. The average molecular weight is 377 g/mol. The lowest BCUT2D eigenvalue weighted by Gasteiger charge is -2.11. The maximum absolute atomic E-state index is 13.8. The zero-order valence-electron chi connectivity index (χ0n) is 13.8. The number of thiocarbonyl (C=S) groups is 1. The minimum absolute atomic E-state index is 0.186. The van der Waals surface area contributed by atoms with Gasteiger partial charge in [0.1, 0.15) is 11.6 Å². The van der Waals surface area contributed by atoms with Gasteiger partial charge in [-0.25, -0.2) is 4.39 Å². The Morgan fingerprint density at radius 3 is 2.77 bits per heavy atom. The molecule has 0 aliphatic rings. The van der Waals surface area contributed by atoms with E-state index in [1.165, 1.54) is 0 Å². The van der Waals surface area contributed by atoms with E-state index >= 15 is 0 Å². The average Bonchev–Trinajstić information content (AvgIpc) is 2.61. The summed E-state index contributed by atoms with van der Waals surface area (Å²) in [4.78, 5) is 22.3. The van der Waals surface area contributed by atoms with Crippen molar-refractivity contribution in [3.05, 3.63) is 64.0 Å². The van der Waals surface area contributed by atoms with Crippen LogP contribution in [0.5, 0.6) is 5.75 Å². The number of hydrogen-bond donors (Lipinski definition) is 2. The van der Waals surface area contributed by atoms with Crippen LogP contribution in [0.3, 0.4) is 0 Å². The predicted octanol–water partition coefficient (Wildman–Crippen LogP) is 3.65. The van der Waals surface area contributed by atoms with E-state index in [1.54, 1.807) is 24.3 Å². The van der Waals surface area contributed by atoms with E-state index in [-0.39, 0.29) is 16.5 Å². The molecular weight excluding hydrogens is 361 g/mol. The molecule has 26 heavy (non-hydrogen) atoms. The van der Waals surface area contributed by atoms with Crippen LogP contribution in [0.25, 0.3) is 0 Å². The van der Waals surface area contributed by atoms with Gasteiger partial charge in [-0.3, -0.25) is 20.2 Å². The highest BCUT2D eigenvalue weighted by Crippen LogP contribution is 2.21. The maximum Gasteiger partial charge on any atom is 0.271 e. The number of hydrogen-bond acceptors (Lipinski definition) is 5. The van der Waals surface area contributed by atoms with Gasteiger partial charge in [0.05, 0.1) is 17.2 Å². The Labute approximate surface area is 154 Å². The highest BCUT2D eigenvalue weighted by atomic mass is 32.1. The van der Waals surface area contributed by atoms with Gasteiger partial charge < -0.3 is 10.1 Å². The Balaban J connectivity index is 2.05. The molecule has 0 heterocycles. The van der Waals surface area contributed by atoms with Crippen molar-refractivity contribution in [1.82, 2.24) is 5.32 Å². The lowest BCUT2D eigenvalue weighted by Crippen LogP contribution is -2.34. The summed E-state index contributed by atoms with van der Waals surface area (Å²) in [5.41, 5.74) is -0.199. The van der Waals surface area contributed by atoms with Gasteiger partial charge >= 0.3 is 0 Å². The topological polar surface area (TPSA) is 93.5 Å². The second kappa shape index (κ2) is 8.86. The number of anilines is 1. The molecule has 0 bridgehead atoms. The van der Waals surface area contributed by atoms with Gasteiger partial charge in [0.2, 0.25) is 0 Å². The largest absolute Gasteiger partial charge is 0.494 e. The van der Waals surface area contributed by atoms with E-state index in [0.29, 0.717) is 17.9 Å². The lowest BCUT2D eigenvalue weighted by atomic mass is 10.2. The van der Waals surface area contributed by atoms with Crippen molar-refractivity contribution in [3.63, 3.8) is 0 Å². The van der Waals surface area contributed by atoms with Crippen LogP contribution in [0, 0.1) is 15.9 Å². The number of nitrogens with one attached hydrogen (secondary N) is 2. The van der Waals surface area contributed by atoms with E-state index in [4.69, 9.17) is 17.0 Å². The van der Waals surface area contributed by atoms with E-state index < -0.39 is 16.6 Å². The van der Waals surface area contributed by atoms with Crippen molar-refractivity contribution in [2.24, 2.45) is 0 Å². The van der Waals surface area contributed by atoms with Crippen LogP contribution in [-0.4, -0.2) is 22.5 Å². The van der Waals surface area contributed by atoms with Gasteiger partial charge in [-0.05, 0) is 42.9 Å². The summed E-state index contributed by atoms with van der Waals surface area (Å²) in [5.74, 6) is -0.708. The third kappa shape index (κ3) is 5.21. The molecule has 9 heteroatoms. The minimum atomic E-state index is -0.734. The molecule has 0 radical (unpaired) electrons. The summed E-state index contributed by atoms with van der Waals surface area (Å²) in [7, 11) is 0. The molecule has 0 aliphatic carbocycles. The van der Waals surface area contributed by atoms with Gasteiger partial charge in [0.25, 0.3) is 11.6 Å². The third-order valence-electron chi connectivity index (χ3n) is 3.21. The van der Waals surface area contributed by atoms with Gasteiger partial charge in [-0.2, -0.15) is 0 Å². The van der Waals surface area contributed by atoms with Crippen molar-refractivity contribution in [2.75, 3.05) is 11.9 Å². The molecule has 2 aromatic rings. The highest BCUT2D eigenvalue weighted by molar-refractivity contribution is 7.80. The summed E-state index contributed by atoms with van der Waals surface area (Å²) >= 11 is 4.97. The monoisotopic (exact) mass is 377 g/mol. The fraction of sp³-hybridized carbons (Fsp3) is 0.176. The van der Waals surface area contributed by atoms with Crippen molar-refractivity contribution < 1.29 is 18.8 Å². The first kappa shape index (κ1) is 19.3. The number of nitro groups is 1. The number of non-ortho nitro benzene ring substituents is 1. The van der Waals surface area contributed by atoms with Crippen LogP contribution in [0.15, 0.2) is 42.5 Å². The smallest absolute Gasteiger partial charge is 0.271 e. The highest BCUT2D eigenvalue weighted by Gasteiger charge is 2.14. The van der Waals surface area contributed by atoms with Crippen LogP contribution >= 0.6 is 12.2 Å². The van der Waals surface area contributed by atoms with E-state index in [2.05, 4.69) is 10.6 Å². The quantitative estimate of drug-likeness (QED) is 0.453. The predicted molar refractivity (Wildman–Crippen MR) is 99.0 cm³/mol. The van der Waals surface area contributed by atoms with Crippen LogP contribution < -0.4 is 15.4 Å². The first-order valence-corrected chi connectivity index (χ1v) is 8.10. The lowest BCUT2D eigenvalue weighted by molar-refractivity contribution is -0.384. The summed E-state index contributed by atoms with van der Waals surface area (Å²) < 4.78 is 19.2. The molecule has 0 saturated heterocycles. The Bertz CT molecular complexity index is 845. The Kier molecular flexibility index (Phi) is 6.56. The van der Waals surface area contributed by atoms with Crippen molar-refractivity contribution in [1.29, 1.82) is 0 Å². The SMILES string of the molecule is CCCOc1cccc(C(=O)NC(=S)Nc2cc([N+](=O)[O-])ccc2F)c1.